The maximum Gasteiger partial charge on any atom is 0.244 e. The average molecular weight is 544 g/mol. The van der Waals surface area contributed by atoms with Crippen molar-refractivity contribution in [2.75, 3.05) is 17.1 Å². The van der Waals surface area contributed by atoms with Crippen molar-refractivity contribution in [1.29, 1.82) is 0 Å². The number of nitrogens with zero attached hydrogens (tertiary/aromatic N) is 2. The summed E-state index contributed by atoms with van der Waals surface area (Å²) < 4.78 is 39.6. The fourth-order valence-electron chi connectivity index (χ4n) is 4.07. The maximum absolute atomic E-state index is 13.8. The number of amides is 2. The molecule has 7 nitrogen and oxygen atoms in total. The number of sulfonamides is 1. The van der Waals surface area contributed by atoms with Gasteiger partial charge < -0.3 is 10.2 Å². The molecule has 0 radical (unpaired) electrons. The molecule has 0 saturated heterocycles. The fourth-order valence-corrected chi connectivity index (χ4v) is 5.43. The van der Waals surface area contributed by atoms with Crippen LogP contribution in [0.4, 0.5) is 10.1 Å². The molecule has 1 atom stereocenters. The molecule has 0 bridgehead atoms. The standard InChI is InChI=1S/C24H28Cl2FN3O4S/c1-16(24(32)28-18-8-3-4-9-18)29(14-20-21(25)11-6-12-22(20)26)23(31)15-30(35(2,33)34)19-10-5-7-17(27)13-19/h5-7,10-13,16,18H,3-4,8-9,14-15H2,1-2H3,(H,28,32). The van der Waals surface area contributed by atoms with Gasteiger partial charge in [0.2, 0.25) is 21.8 Å². The number of halogens is 3. The molecule has 3 rings (SSSR count). The smallest absolute Gasteiger partial charge is 0.244 e. The molecule has 0 aromatic heterocycles. The minimum Gasteiger partial charge on any atom is -0.352 e. The molecule has 2 aromatic carbocycles. The summed E-state index contributed by atoms with van der Waals surface area (Å²) in [6.45, 7) is 0.822. The summed E-state index contributed by atoms with van der Waals surface area (Å²) in [6, 6.07) is 8.93. The molecule has 2 amide bonds. The van der Waals surface area contributed by atoms with Gasteiger partial charge in [-0.2, -0.15) is 0 Å². The normalized spacial score (nSPS) is 15.0. The maximum atomic E-state index is 13.8. The highest BCUT2D eigenvalue weighted by Crippen LogP contribution is 2.27. The van der Waals surface area contributed by atoms with Gasteiger partial charge in [-0.05, 0) is 50.1 Å². The predicted octanol–water partition coefficient (Wildman–Crippen LogP) is 4.37. The van der Waals surface area contributed by atoms with Crippen molar-refractivity contribution >= 4 is 50.7 Å². The van der Waals surface area contributed by atoms with E-state index in [4.69, 9.17) is 23.2 Å². The Labute approximate surface area is 215 Å². The van der Waals surface area contributed by atoms with Gasteiger partial charge in [-0.15, -0.1) is 0 Å². The second kappa shape index (κ2) is 11.6. The van der Waals surface area contributed by atoms with Gasteiger partial charge in [-0.1, -0.05) is 48.2 Å². The van der Waals surface area contributed by atoms with E-state index in [1.54, 1.807) is 25.1 Å². The van der Waals surface area contributed by atoms with Gasteiger partial charge in [0.05, 0.1) is 11.9 Å². The van der Waals surface area contributed by atoms with Crippen LogP contribution in [0.1, 0.15) is 38.2 Å². The van der Waals surface area contributed by atoms with Crippen LogP contribution in [0.3, 0.4) is 0 Å². The Morgan fingerprint density at radius 3 is 2.29 bits per heavy atom. The van der Waals surface area contributed by atoms with Crippen LogP contribution in [0.15, 0.2) is 42.5 Å². The predicted molar refractivity (Wildman–Crippen MR) is 135 cm³/mol. The first-order valence-electron chi connectivity index (χ1n) is 11.2. The monoisotopic (exact) mass is 543 g/mol. The molecular formula is C24H28Cl2FN3O4S. The lowest BCUT2D eigenvalue weighted by molar-refractivity contribution is -0.139. The van der Waals surface area contributed by atoms with Crippen LogP contribution in [0, 0.1) is 5.82 Å². The van der Waals surface area contributed by atoms with E-state index < -0.39 is 34.3 Å². The zero-order valence-electron chi connectivity index (χ0n) is 19.5. The second-order valence-electron chi connectivity index (χ2n) is 8.64. The van der Waals surface area contributed by atoms with Crippen molar-refractivity contribution in [2.45, 2.75) is 51.2 Å². The van der Waals surface area contributed by atoms with Crippen LogP contribution in [-0.2, 0) is 26.2 Å². The van der Waals surface area contributed by atoms with Gasteiger partial charge >= 0.3 is 0 Å². The summed E-state index contributed by atoms with van der Waals surface area (Å²) in [6.07, 6.45) is 4.70. The van der Waals surface area contributed by atoms with Crippen LogP contribution < -0.4 is 9.62 Å². The van der Waals surface area contributed by atoms with Crippen LogP contribution >= 0.6 is 23.2 Å². The van der Waals surface area contributed by atoms with Gasteiger partial charge in [0, 0.05) is 28.2 Å². The summed E-state index contributed by atoms with van der Waals surface area (Å²) in [5.41, 5.74) is 0.431. The molecule has 35 heavy (non-hydrogen) atoms. The number of hydrogen-bond acceptors (Lipinski definition) is 4. The highest BCUT2D eigenvalue weighted by molar-refractivity contribution is 7.92. The third-order valence-corrected chi connectivity index (χ3v) is 7.88. The quantitative estimate of drug-likeness (QED) is 0.508. The van der Waals surface area contributed by atoms with Gasteiger partial charge in [-0.3, -0.25) is 13.9 Å². The van der Waals surface area contributed by atoms with Crippen molar-refractivity contribution in [3.05, 3.63) is 63.9 Å². The second-order valence-corrected chi connectivity index (χ2v) is 11.4. The summed E-state index contributed by atoms with van der Waals surface area (Å²) in [5, 5.41) is 3.59. The Balaban J connectivity index is 1.92. The van der Waals surface area contributed by atoms with E-state index in [0.717, 1.165) is 42.3 Å². The third-order valence-electron chi connectivity index (χ3n) is 6.03. The largest absolute Gasteiger partial charge is 0.352 e. The van der Waals surface area contributed by atoms with Gasteiger partial charge in [-0.25, -0.2) is 12.8 Å². The first-order chi connectivity index (χ1) is 16.5. The number of benzene rings is 2. The van der Waals surface area contributed by atoms with E-state index in [-0.39, 0.29) is 24.2 Å². The summed E-state index contributed by atoms with van der Waals surface area (Å²) in [4.78, 5) is 27.8. The van der Waals surface area contributed by atoms with Crippen LogP contribution in [0.25, 0.3) is 0 Å². The Bertz CT molecular complexity index is 1170. The molecule has 0 heterocycles. The van der Waals surface area contributed by atoms with Crippen molar-refractivity contribution < 1.29 is 22.4 Å². The lowest BCUT2D eigenvalue weighted by Gasteiger charge is -2.32. The highest BCUT2D eigenvalue weighted by atomic mass is 35.5. The molecule has 1 fully saturated rings. The minimum atomic E-state index is -3.95. The number of hydrogen-bond donors (Lipinski definition) is 1. The summed E-state index contributed by atoms with van der Waals surface area (Å²) in [5.74, 6) is -1.66. The SMILES string of the molecule is CC(C(=O)NC1CCCC1)N(Cc1c(Cl)cccc1Cl)C(=O)CN(c1cccc(F)c1)S(C)(=O)=O. The Morgan fingerprint density at radius 1 is 1.11 bits per heavy atom. The van der Waals surface area contributed by atoms with E-state index in [1.807, 2.05) is 0 Å². The Morgan fingerprint density at radius 2 is 1.71 bits per heavy atom. The minimum absolute atomic E-state index is 0.000337. The lowest BCUT2D eigenvalue weighted by Crippen LogP contribution is -2.52. The number of anilines is 1. The van der Waals surface area contributed by atoms with E-state index in [0.29, 0.717) is 15.6 Å². The molecular weight excluding hydrogens is 516 g/mol. The van der Waals surface area contributed by atoms with Gasteiger partial charge in [0.15, 0.2) is 0 Å². The van der Waals surface area contributed by atoms with Crippen molar-refractivity contribution in [3.8, 4) is 0 Å². The van der Waals surface area contributed by atoms with Gasteiger partial charge in [0.1, 0.15) is 18.4 Å². The first-order valence-corrected chi connectivity index (χ1v) is 13.8. The molecule has 190 valence electrons. The topological polar surface area (TPSA) is 86.8 Å². The van der Waals surface area contributed by atoms with Crippen LogP contribution in [0.2, 0.25) is 10.0 Å². The molecule has 11 heteroatoms. The van der Waals surface area contributed by atoms with Crippen LogP contribution in [0.5, 0.6) is 0 Å². The van der Waals surface area contributed by atoms with E-state index in [1.165, 1.54) is 23.1 Å². The molecule has 1 aliphatic rings. The fraction of sp³-hybridized carbons (Fsp3) is 0.417. The Kier molecular flexibility index (Phi) is 9.01. The summed E-state index contributed by atoms with van der Waals surface area (Å²) in [7, 11) is -3.95. The zero-order chi connectivity index (χ0) is 25.8. The molecule has 1 N–H and O–H groups in total. The highest BCUT2D eigenvalue weighted by Gasteiger charge is 2.32. The van der Waals surface area contributed by atoms with Crippen LogP contribution in [-0.4, -0.2) is 50.0 Å². The summed E-state index contributed by atoms with van der Waals surface area (Å²) >= 11 is 12.6. The lowest BCUT2D eigenvalue weighted by atomic mass is 10.1. The number of carbonyl (C=O) groups is 2. The molecule has 0 aliphatic heterocycles. The van der Waals surface area contributed by atoms with Crippen molar-refractivity contribution in [3.63, 3.8) is 0 Å². The number of nitrogens with one attached hydrogen (secondary N) is 1. The van der Waals surface area contributed by atoms with Crippen molar-refractivity contribution in [2.24, 2.45) is 0 Å². The van der Waals surface area contributed by atoms with Crippen molar-refractivity contribution in [1.82, 2.24) is 10.2 Å². The third kappa shape index (κ3) is 7.08. The zero-order valence-corrected chi connectivity index (χ0v) is 21.8. The first kappa shape index (κ1) is 27.2. The average Bonchev–Trinajstić information content (AvgIpc) is 3.29. The van der Waals surface area contributed by atoms with Gasteiger partial charge in [0.25, 0.3) is 0 Å². The molecule has 2 aromatic rings. The Hall–Kier alpha value is -2.36. The molecule has 1 aliphatic carbocycles. The number of rotatable bonds is 9. The molecule has 0 spiro atoms. The van der Waals surface area contributed by atoms with E-state index >= 15 is 0 Å². The number of carbonyl (C=O) groups excluding carboxylic acids is 2. The molecule has 1 unspecified atom stereocenters. The molecule has 1 saturated carbocycles. The van der Waals surface area contributed by atoms with E-state index in [9.17, 15) is 22.4 Å². The van der Waals surface area contributed by atoms with E-state index in [2.05, 4.69) is 5.32 Å².